The fourth-order valence-electron chi connectivity index (χ4n) is 1.48. The zero-order chi connectivity index (χ0) is 13.7. The third kappa shape index (κ3) is 3.01. The predicted octanol–water partition coefficient (Wildman–Crippen LogP) is 1.93. The summed E-state index contributed by atoms with van der Waals surface area (Å²) in [6.07, 6.45) is 3.03. The number of esters is 1. The molecule has 0 atom stereocenters. The van der Waals surface area contributed by atoms with Crippen molar-refractivity contribution in [2.75, 3.05) is 12.0 Å². The van der Waals surface area contributed by atoms with Crippen LogP contribution in [0, 0.1) is 6.92 Å². The van der Waals surface area contributed by atoms with E-state index >= 15 is 0 Å². The Hall–Kier alpha value is -2.57. The van der Waals surface area contributed by atoms with E-state index in [0.29, 0.717) is 29.4 Å². The van der Waals surface area contributed by atoms with Crippen molar-refractivity contribution in [2.45, 2.75) is 13.8 Å². The lowest BCUT2D eigenvalue weighted by molar-refractivity contribution is 0.0526. The molecule has 0 unspecified atom stereocenters. The molecule has 2 aromatic rings. The molecule has 7 heteroatoms. The number of carbonyl (C=O) groups is 1. The summed E-state index contributed by atoms with van der Waals surface area (Å²) >= 11 is 0. The van der Waals surface area contributed by atoms with Gasteiger partial charge in [0.15, 0.2) is 5.82 Å². The van der Waals surface area contributed by atoms with Crippen molar-refractivity contribution < 1.29 is 13.9 Å². The molecule has 0 fully saturated rings. The monoisotopic (exact) mass is 262 g/mol. The summed E-state index contributed by atoms with van der Waals surface area (Å²) in [5.74, 6) is 0.473. The van der Waals surface area contributed by atoms with Gasteiger partial charge in [-0.05, 0) is 26.0 Å². The highest BCUT2D eigenvalue weighted by atomic mass is 16.5. The number of hydrogen-bond donors (Lipinski definition) is 2. The molecule has 0 aliphatic rings. The van der Waals surface area contributed by atoms with Crippen LogP contribution in [0.2, 0.25) is 0 Å². The van der Waals surface area contributed by atoms with E-state index < -0.39 is 5.97 Å². The Bertz CT molecular complexity index is 572. The topological polar surface area (TPSA) is 92.5 Å². The minimum atomic E-state index is -0.440. The number of ether oxygens (including phenoxy) is 1. The molecule has 7 nitrogen and oxygen atoms in total. The van der Waals surface area contributed by atoms with Crippen LogP contribution in [-0.2, 0) is 4.74 Å². The maximum atomic E-state index is 11.7. The van der Waals surface area contributed by atoms with Crippen molar-refractivity contribution in [1.82, 2.24) is 10.2 Å². The Morgan fingerprint density at radius 1 is 1.68 bits per heavy atom. The van der Waals surface area contributed by atoms with Crippen LogP contribution in [0.4, 0.5) is 5.82 Å². The van der Waals surface area contributed by atoms with Gasteiger partial charge in [0.2, 0.25) is 0 Å². The fraction of sp³-hybridized carbons (Fsp3) is 0.250. The van der Waals surface area contributed by atoms with Gasteiger partial charge in [-0.1, -0.05) is 0 Å². The van der Waals surface area contributed by atoms with E-state index in [4.69, 9.17) is 9.15 Å². The van der Waals surface area contributed by atoms with Crippen molar-refractivity contribution in [3.8, 4) is 0 Å². The van der Waals surface area contributed by atoms with E-state index in [1.807, 2.05) is 0 Å². The maximum absolute atomic E-state index is 11.7. The van der Waals surface area contributed by atoms with Crippen molar-refractivity contribution in [2.24, 2.45) is 5.10 Å². The van der Waals surface area contributed by atoms with Crippen molar-refractivity contribution >= 4 is 18.0 Å². The molecule has 19 heavy (non-hydrogen) atoms. The van der Waals surface area contributed by atoms with Crippen molar-refractivity contribution in [1.29, 1.82) is 0 Å². The molecule has 0 aromatic carbocycles. The Balaban J connectivity index is 2.10. The van der Waals surface area contributed by atoms with Gasteiger partial charge < -0.3 is 9.15 Å². The molecule has 2 heterocycles. The summed E-state index contributed by atoms with van der Waals surface area (Å²) in [5.41, 5.74) is 3.64. The Labute approximate surface area is 109 Å². The van der Waals surface area contributed by atoms with Gasteiger partial charge in [-0.2, -0.15) is 10.2 Å². The third-order valence-corrected chi connectivity index (χ3v) is 2.33. The molecule has 0 bridgehead atoms. The molecule has 2 N–H and O–H groups in total. The number of anilines is 1. The Morgan fingerprint density at radius 2 is 2.53 bits per heavy atom. The lowest BCUT2D eigenvalue weighted by Gasteiger charge is -2.02. The Kier molecular flexibility index (Phi) is 3.97. The van der Waals surface area contributed by atoms with E-state index in [0.717, 1.165) is 0 Å². The number of hydrazone groups is 1. The quantitative estimate of drug-likeness (QED) is 0.488. The van der Waals surface area contributed by atoms with Crippen LogP contribution in [0.3, 0.4) is 0 Å². The van der Waals surface area contributed by atoms with Gasteiger partial charge in [0.1, 0.15) is 11.3 Å². The second-order valence-electron chi connectivity index (χ2n) is 3.68. The number of nitrogens with zero attached hydrogens (tertiary/aromatic N) is 2. The molecule has 0 aliphatic heterocycles. The lowest BCUT2D eigenvalue weighted by atomic mass is 10.2. The first-order chi connectivity index (χ1) is 9.22. The number of rotatable bonds is 5. The number of carbonyl (C=O) groups excluding carboxylic acids is 1. The molecule has 0 amide bonds. The SMILES string of the molecule is CCOC(=O)c1c(N/N=C/c2ccco2)n[nH]c1C. The molecule has 100 valence electrons. The second kappa shape index (κ2) is 5.85. The van der Waals surface area contributed by atoms with Gasteiger partial charge in [0.05, 0.1) is 19.1 Å². The smallest absolute Gasteiger partial charge is 0.343 e. The molecule has 0 aliphatic carbocycles. The standard InChI is InChI=1S/C12H14N4O3/c1-3-18-12(17)10-8(2)14-16-11(10)15-13-7-9-5-4-6-19-9/h4-7H,3H2,1-2H3,(H2,14,15,16)/b13-7+. The van der Waals surface area contributed by atoms with Gasteiger partial charge in [-0.25, -0.2) is 4.79 Å². The normalized spacial score (nSPS) is 10.8. The van der Waals surface area contributed by atoms with E-state index in [-0.39, 0.29) is 0 Å². The number of nitrogens with one attached hydrogen (secondary N) is 2. The fourth-order valence-corrected chi connectivity index (χ4v) is 1.48. The van der Waals surface area contributed by atoms with Gasteiger partial charge in [0, 0.05) is 5.69 Å². The van der Waals surface area contributed by atoms with Crippen LogP contribution in [0.5, 0.6) is 0 Å². The summed E-state index contributed by atoms with van der Waals surface area (Å²) in [4.78, 5) is 11.7. The van der Waals surface area contributed by atoms with Gasteiger partial charge in [0.25, 0.3) is 0 Å². The first-order valence-electron chi connectivity index (χ1n) is 5.77. The van der Waals surface area contributed by atoms with Crippen molar-refractivity contribution in [3.63, 3.8) is 0 Å². The van der Waals surface area contributed by atoms with E-state index in [1.165, 1.54) is 6.21 Å². The highest BCUT2D eigenvalue weighted by Gasteiger charge is 2.18. The number of aromatic amines is 1. The minimum Gasteiger partial charge on any atom is -0.463 e. The van der Waals surface area contributed by atoms with Gasteiger partial charge >= 0.3 is 5.97 Å². The van der Waals surface area contributed by atoms with Crippen LogP contribution in [0.15, 0.2) is 27.9 Å². The molecule has 0 radical (unpaired) electrons. The third-order valence-electron chi connectivity index (χ3n) is 2.33. The Morgan fingerprint density at radius 3 is 3.21 bits per heavy atom. The summed E-state index contributed by atoms with van der Waals surface area (Å²) in [7, 11) is 0. The van der Waals surface area contributed by atoms with Crippen molar-refractivity contribution in [3.05, 3.63) is 35.4 Å². The molecule has 2 aromatic heterocycles. The highest BCUT2D eigenvalue weighted by Crippen LogP contribution is 2.17. The average Bonchev–Trinajstić information content (AvgIpc) is 3.00. The molecule has 0 saturated heterocycles. The molecular formula is C12H14N4O3. The van der Waals surface area contributed by atoms with E-state index in [2.05, 4.69) is 20.7 Å². The molecule has 0 spiro atoms. The maximum Gasteiger partial charge on any atom is 0.343 e. The summed E-state index contributed by atoms with van der Waals surface area (Å²) in [5, 5.41) is 10.6. The first kappa shape index (κ1) is 12.9. The zero-order valence-electron chi connectivity index (χ0n) is 10.6. The predicted molar refractivity (Wildman–Crippen MR) is 69.2 cm³/mol. The summed E-state index contributed by atoms with van der Waals surface area (Å²) in [6.45, 7) is 3.79. The molecular weight excluding hydrogens is 248 g/mol. The number of furan rings is 1. The second-order valence-corrected chi connectivity index (χ2v) is 3.68. The van der Waals surface area contributed by atoms with E-state index in [9.17, 15) is 4.79 Å². The van der Waals surface area contributed by atoms with Gasteiger partial charge in [-0.3, -0.25) is 10.5 Å². The highest BCUT2D eigenvalue weighted by molar-refractivity contribution is 5.96. The molecule has 2 rings (SSSR count). The number of aromatic nitrogens is 2. The minimum absolute atomic E-state index is 0.304. The van der Waals surface area contributed by atoms with Gasteiger partial charge in [-0.15, -0.1) is 0 Å². The lowest BCUT2D eigenvalue weighted by Crippen LogP contribution is -2.08. The average molecular weight is 262 g/mol. The molecule has 0 saturated carbocycles. The van der Waals surface area contributed by atoms with Crippen LogP contribution >= 0.6 is 0 Å². The van der Waals surface area contributed by atoms with Crippen LogP contribution in [-0.4, -0.2) is 29.0 Å². The summed E-state index contributed by atoms with van der Waals surface area (Å²) in [6, 6.07) is 3.51. The number of aryl methyl sites for hydroxylation is 1. The summed E-state index contributed by atoms with van der Waals surface area (Å²) < 4.78 is 10.0. The first-order valence-corrected chi connectivity index (χ1v) is 5.77. The number of H-pyrrole nitrogens is 1. The number of hydrogen-bond acceptors (Lipinski definition) is 6. The van der Waals surface area contributed by atoms with Crippen LogP contribution in [0.1, 0.15) is 28.7 Å². The van der Waals surface area contributed by atoms with Crippen LogP contribution in [0.25, 0.3) is 0 Å². The van der Waals surface area contributed by atoms with E-state index in [1.54, 1.807) is 32.2 Å². The zero-order valence-corrected chi connectivity index (χ0v) is 10.6. The largest absolute Gasteiger partial charge is 0.463 e. The van der Waals surface area contributed by atoms with Crippen LogP contribution < -0.4 is 5.43 Å².